The fourth-order valence-electron chi connectivity index (χ4n) is 3.18. The van der Waals surface area contributed by atoms with Crippen molar-refractivity contribution in [2.45, 2.75) is 25.2 Å². The summed E-state index contributed by atoms with van der Waals surface area (Å²) in [5, 5.41) is 8.90. The zero-order valence-electron chi connectivity index (χ0n) is 14.3. The fraction of sp³-hybridized carbons (Fsp3) is 0.529. The first-order valence-electron chi connectivity index (χ1n) is 8.25. The van der Waals surface area contributed by atoms with Gasteiger partial charge >= 0.3 is 5.97 Å². The van der Waals surface area contributed by atoms with Gasteiger partial charge in [-0.25, -0.2) is 13.2 Å². The van der Waals surface area contributed by atoms with Gasteiger partial charge in [0.1, 0.15) is 0 Å². The van der Waals surface area contributed by atoms with E-state index >= 15 is 0 Å². The molecule has 1 saturated heterocycles. The van der Waals surface area contributed by atoms with E-state index in [1.165, 1.54) is 28.6 Å². The number of piperazine rings is 1. The van der Waals surface area contributed by atoms with Crippen molar-refractivity contribution in [2.24, 2.45) is 11.3 Å². The minimum atomic E-state index is -3.68. The molecule has 1 aliphatic carbocycles. The number of carbonyl (C=O) groups is 2. The molecule has 1 amide bonds. The lowest BCUT2D eigenvalue weighted by Gasteiger charge is -2.34. The smallest absolute Gasteiger partial charge is 0.335 e. The van der Waals surface area contributed by atoms with Gasteiger partial charge in [-0.05, 0) is 36.1 Å². The number of hydrogen-bond acceptors (Lipinski definition) is 4. The van der Waals surface area contributed by atoms with E-state index in [2.05, 4.69) is 13.8 Å². The van der Waals surface area contributed by atoms with Crippen molar-refractivity contribution in [3.05, 3.63) is 29.8 Å². The average Bonchev–Trinajstić information content (AvgIpc) is 3.23. The number of hydrogen-bond donors (Lipinski definition) is 1. The van der Waals surface area contributed by atoms with Gasteiger partial charge < -0.3 is 10.0 Å². The van der Waals surface area contributed by atoms with Gasteiger partial charge in [0.2, 0.25) is 15.9 Å². The van der Waals surface area contributed by atoms with Gasteiger partial charge in [0.25, 0.3) is 0 Å². The molecule has 0 spiro atoms. The summed E-state index contributed by atoms with van der Waals surface area (Å²) in [6.45, 7) is 5.41. The minimum Gasteiger partial charge on any atom is -0.478 e. The maximum Gasteiger partial charge on any atom is 0.335 e. The van der Waals surface area contributed by atoms with Crippen molar-refractivity contribution in [3.63, 3.8) is 0 Å². The van der Waals surface area contributed by atoms with Crippen molar-refractivity contribution in [2.75, 3.05) is 26.2 Å². The molecule has 1 heterocycles. The molecule has 136 valence electrons. The molecule has 1 aromatic rings. The summed E-state index contributed by atoms with van der Waals surface area (Å²) in [4.78, 5) is 25.1. The lowest BCUT2D eigenvalue weighted by molar-refractivity contribution is -0.134. The number of amides is 1. The number of aromatic carboxylic acids is 1. The number of benzene rings is 1. The Balaban J connectivity index is 1.65. The van der Waals surface area contributed by atoms with Crippen molar-refractivity contribution >= 4 is 21.9 Å². The van der Waals surface area contributed by atoms with Crippen LogP contribution in [0, 0.1) is 11.3 Å². The Morgan fingerprint density at radius 2 is 1.60 bits per heavy atom. The summed E-state index contributed by atoms with van der Waals surface area (Å²) in [6.07, 6.45) is 0.889. The van der Waals surface area contributed by atoms with Gasteiger partial charge in [-0.2, -0.15) is 4.31 Å². The molecule has 1 N–H and O–H groups in total. The van der Waals surface area contributed by atoms with E-state index in [0.29, 0.717) is 13.1 Å². The first-order chi connectivity index (χ1) is 11.6. The van der Waals surface area contributed by atoms with Crippen LogP contribution in [0.25, 0.3) is 0 Å². The average molecular weight is 366 g/mol. The van der Waals surface area contributed by atoms with Crippen LogP contribution in [-0.2, 0) is 14.8 Å². The summed E-state index contributed by atoms with van der Waals surface area (Å²) in [5.41, 5.74) is 0.105. The highest BCUT2D eigenvalue weighted by Crippen LogP contribution is 2.52. The van der Waals surface area contributed by atoms with Crippen molar-refractivity contribution < 1.29 is 23.1 Å². The Labute approximate surface area is 147 Å². The molecule has 3 rings (SSSR count). The molecule has 8 heteroatoms. The Hall–Kier alpha value is -1.93. The highest BCUT2D eigenvalue weighted by molar-refractivity contribution is 7.89. The number of carboxylic acids is 1. The Morgan fingerprint density at radius 1 is 1.08 bits per heavy atom. The third kappa shape index (κ3) is 3.41. The molecule has 1 saturated carbocycles. The molecule has 0 radical (unpaired) electrons. The lowest BCUT2D eigenvalue weighted by atomic mass is 10.1. The zero-order chi connectivity index (χ0) is 18.4. The van der Waals surface area contributed by atoms with Gasteiger partial charge in [-0.1, -0.05) is 13.8 Å². The van der Waals surface area contributed by atoms with Crippen LogP contribution in [0.15, 0.2) is 29.2 Å². The molecule has 1 aliphatic heterocycles. The molecular formula is C17H22N2O5S. The predicted octanol–water partition coefficient (Wildman–Crippen LogP) is 1.26. The summed E-state index contributed by atoms with van der Waals surface area (Å²) in [7, 11) is -3.68. The quantitative estimate of drug-likeness (QED) is 0.866. The predicted molar refractivity (Wildman–Crippen MR) is 90.6 cm³/mol. The Morgan fingerprint density at radius 3 is 2.04 bits per heavy atom. The van der Waals surface area contributed by atoms with Gasteiger partial charge in [0, 0.05) is 32.1 Å². The van der Waals surface area contributed by atoms with Gasteiger partial charge in [0.15, 0.2) is 0 Å². The van der Waals surface area contributed by atoms with E-state index in [1.54, 1.807) is 4.90 Å². The van der Waals surface area contributed by atoms with Crippen LogP contribution in [0.2, 0.25) is 0 Å². The van der Waals surface area contributed by atoms with Crippen molar-refractivity contribution in [1.82, 2.24) is 9.21 Å². The molecular weight excluding hydrogens is 344 g/mol. The van der Waals surface area contributed by atoms with Crippen molar-refractivity contribution in [3.8, 4) is 0 Å². The third-order valence-corrected chi connectivity index (χ3v) is 7.01. The second-order valence-electron chi connectivity index (χ2n) is 7.30. The fourth-order valence-corrected chi connectivity index (χ4v) is 4.60. The molecule has 2 aliphatic rings. The van der Waals surface area contributed by atoms with Gasteiger partial charge in [0.05, 0.1) is 10.5 Å². The van der Waals surface area contributed by atoms with E-state index in [-0.39, 0.29) is 40.8 Å². The lowest BCUT2D eigenvalue weighted by Crippen LogP contribution is -2.51. The van der Waals surface area contributed by atoms with E-state index in [4.69, 9.17) is 5.11 Å². The Kier molecular flexibility index (Phi) is 4.36. The largest absolute Gasteiger partial charge is 0.478 e. The summed E-state index contributed by atoms with van der Waals surface area (Å²) in [5.74, 6) is -0.925. The number of sulfonamides is 1. The van der Waals surface area contributed by atoms with E-state index in [0.717, 1.165) is 6.42 Å². The maximum absolute atomic E-state index is 12.7. The second-order valence-corrected chi connectivity index (χ2v) is 9.24. The molecule has 1 aromatic carbocycles. The SMILES string of the molecule is CC1(C)C[C@@H]1C(=O)N1CCN(S(=O)(=O)c2ccc(C(=O)O)cc2)CC1. The maximum atomic E-state index is 12.7. The standard InChI is InChI=1S/C17H22N2O5S/c1-17(2)11-14(17)15(20)18-7-9-19(10-8-18)25(23,24)13-5-3-12(4-6-13)16(21)22/h3-6,14H,7-11H2,1-2H3,(H,21,22)/t14-/m1/s1. The number of carboxylic acid groups (broad SMARTS) is 1. The second kappa shape index (κ2) is 6.10. The van der Waals surface area contributed by atoms with Crippen LogP contribution >= 0.6 is 0 Å². The van der Waals surface area contributed by atoms with Crippen LogP contribution in [-0.4, -0.2) is 60.8 Å². The molecule has 2 fully saturated rings. The first kappa shape index (κ1) is 17.9. The van der Waals surface area contributed by atoms with Crippen molar-refractivity contribution in [1.29, 1.82) is 0 Å². The third-order valence-electron chi connectivity index (χ3n) is 5.10. The van der Waals surface area contributed by atoms with Crippen LogP contribution in [0.4, 0.5) is 0 Å². The first-order valence-corrected chi connectivity index (χ1v) is 9.69. The van der Waals surface area contributed by atoms with Crippen LogP contribution in [0.1, 0.15) is 30.6 Å². The highest BCUT2D eigenvalue weighted by atomic mass is 32.2. The van der Waals surface area contributed by atoms with E-state index in [9.17, 15) is 18.0 Å². The molecule has 25 heavy (non-hydrogen) atoms. The topological polar surface area (TPSA) is 95.0 Å². The summed E-state index contributed by atoms with van der Waals surface area (Å²) >= 11 is 0. The molecule has 0 unspecified atom stereocenters. The summed E-state index contributed by atoms with van der Waals surface area (Å²) in [6, 6.07) is 5.18. The molecule has 0 bridgehead atoms. The zero-order valence-corrected chi connectivity index (χ0v) is 15.1. The monoisotopic (exact) mass is 366 g/mol. The van der Waals surface area contributed by atoms with Crippen LogP contribution < -0.4 is 0 Å². The normalized spacial score (nSPS) is 23.3. The Bertz CT molecular complexity index is 793. The van der Waals surface area contributed by atoms with Gasteiger partial charge in [-0.15, -0.1) is 0 Å². The summed E-state index contributed by atoms with van der Waals surface area (Å²) < 4.78 is 26.7. The molecule has 0 aromatic heterocycles. The van der Waals surface area contributed by atoms with E-state index < -0.39 is 16.0 Å². The molecule has 1 atom stereocenters. The van der Waals surface area contributed by atoms with E-state index in [1.807, 2.05) is 0 Å². The van der Waals surface area contributed by atoms with Crippen LogP contribution in [0.5, 0.6) is 0 Å². The minimum absolute atomic E-state index is 0.0430. The van der Waals surface area contributed by atoms with Gasteiger partial charge in [-0.3, -0.25) is 4.79 Å². The highest BCUT2D eigenvalue weighted by Gasteiger charge is 2.52. The number of rotatable bonds is 4. The number of nitrogens with zero attached hydrogens (tertiary/aromatic N) is 2. The number of carbonyl (C=O) groups excluding carboxylic acids is 1. The molecule has 7 nitrogen and oxygen atoms in total. The van der Waals surface area contributed by atoms with Crippen LogP contribution in [0.3, 0.4) is 0 Å².